The normalized spacial score (nSPS) is 16.3. The first-order valence-electron chi connectivity index (χ1n) is 7.91. The van der Waals surface area contributed by atoms with Gasteiger partial charge in [0.15, 0.2) is 6.10 Å². The van der Waals surface area contributed by atoms with Gasteiger partial charge in [0.25, 0.3) is 11.8 Å². The van der Waals surface area contributed by atoms with Gasteiger partial charge in [0.05, 0.1) is 11.9 Å². The number of carbonyl (C=O) groups excluding carboxylic acids is 1. The number of hydrogen-bond acceptors (Lipinski definition) is 3. The van der Waals surface area contributed by atoms with E-state index in [2.05, 4.69) is 10.4 Å². The van der Waals surface area contributed by atoms with E-state index in [1.54, 1.807) is 17.8 Å². The fraction of sp³-hybridized carbons (Fsp3) is 0.412. The molecule has 1 aromatic heterocycles. The summed E-state index contributed by atoms with van der Waals surface area (Å²) in [6, 6.07) is 9.88. The molecule has 2 aromatic rings. The third-order valence-electron chi connectivity index (χ3n) is 4.02. The maximum absolute atomic E-state index is 12.2. The Morgan fingerprint density at radius 3 is 2.74 bits per heavy atom. The van der Waals surface area contributed by atoms with Crippen molar-refractivity contribution in [2.45, 2.75) is 44.8 Å². The van der Waals surface area contributed by atoms with Gasteiger partial charge in [-0.1, -0.05) is 42.6 Å². The molecule has 0 radical (unpaired) electrons. The number of benzene rings is 1. The molecule has 1 aliphatic carbocycles. The van der Waals surface area contributed by atoms with Crippen LogP contribution in [-0.4, -0.2) is 27.8 Å². The second-order valence-corrected chi connectivity index (χ2v) is 6.22. The highest BCUT2D eigenvalue weighted by molar-refractivity contribution is 6.31. The predicted molar refractivity (Wildman–Crippen MR) is 89.1 cm³/mol. The highest BCUT2D eigenvalue weighted by Crippen LogP contribution is 2.25. The monoisotopic (exact) mass is 333 g/mol. The molecule has 0 aliphatic heterocycles. The lowest BCUT2D eigenvalue weighted by Gasteiger charge is -2.17. The van der Waals surface area contributed by atoms with Crippen LogP contribution >= 0.6 is 11.6 Å². The smallest absolute Gasteiger partial charge is 0.261 e. The van der Waals surface area contributed by atoms with Crippen molar-refractivity contribution < 1.29 is 9.53 Å². The van der Waals surface area contributed by atoms with Gasteiger partial charge in [-0.25, -0.2) is 4.68 Å². The van der Waals surface area contributed by atoms with Crippen molar-refractivity contribution in [3.8, 4) is 11.6 Å². The molecule has 1 atom stereocenters. The number of amides is 1. The van der Waals surface area contributed by atoms with E-state index in [0.29, 0.717) is 5.02 Å². The van der Waals surface area contributed by atoms with Gasteiger partial charge in [-0.15, -0.1) is 5.10 Å². The Morgan fingerprint density at radius 2 is 2.04 bits per heavy atom. The van der Waals surface area contributed by atoms with E-state index in [1.807, 2.05) is 30.3 Å². The van der Waals surface area contributed by atoms with E-state index < -0.39 is 6.10 Å². The second kappa shape index (κ2) is 7.04. The lowest BCUT2D eigenvalue weighted by molar-refractivity contribution is -0.128. The maximum atomic E-state index is 12.2. The molecule has 0 bridgehead atoms. The van der Waals surface area contributed by atoms with Gasteiger partial charge in [0.1, 0.15) is 5.02 Å². The summed E-state index contributed by atoms with van der Waals surface area (Å²) >= 11 is 6.17. The minimum Gasteiger partial charge on any atom is -0.462 e. The molecule has 1 heterocycles. The van der Waals surface area contributed by atoms with E-state index in [0.717, 1.165) is 18.5 Å². The minimum atomic E-state index is -0.632. The summed E-state index contributed by atoms with van der Waals surface area (Å²) in [5, 5.41) is 7.72. The number of carbonyl (C=O) groups is 1. The van der Waals surface area contributed by atoms with Crippen LogP contribution in [0.1, 0.15) is 32.6 Å². The molecule has 1 N–H and O–H groups in total. The molecule has 0 spiro atoms. The van der Waals surface area contributed by atoms with Crippen molar-refractivity contribution in [1.82, 2.24) is 15.1 Å². The predicted octanol–water partition coefficient (Wildman–Crippen LogP) is 3.35. The van der Waals surface area contributed by atoms with E-state index in [9.17, 15) is 4.79 Å². The van der Waals surface area contributed by atoms with Crippen LogP contribution < -0.4 is 10.1 Å². The Morgan fingerprint density at radius 1 is 1.35 bits per heavy atom. The number of hydrogen-bond donors (Lipinski definition) is 1. The first-order valence-corrected chi connectivity index (χ1v) is 8.29. The van der Waals surface area contributed by atoms with Crippen LogP contribution in [-0.2, 0) is 4.79 Å². The zero-order valence-electron chi connectivity index (χ0n) is 13.0. The quantitative estimate of drug-likeness (QED) is 0.912. The summed E-state index contributed by atoms with van der Waals surface area (Å²) in [6.45, 7) is 1.71. The Kier molecular flexibility index (Phi) is 4.86. The van der Waals surface area contributed by atoms with Gasteiger partial charge in [0, 0.05) is 6.04 Å². The van der Waals surface area contributed by atoms with E-state index >= 15 is 0 Å². The summed E-state index contributed by atoms with van der Waals surface area (Å²) in [7, 11) is 0. The third-order valence-corrected chi connectivity index (χ3v) is 4.28. The van der Waals surface area contributed by atoms with Crippen LogP contribution in [0.4, 0.5) is 0 Å². The zero-order chi connectivity index (χ0) is 16.2. The number of para-hydroxylation sites is 1. The van der Waals surface area contributed by atoms with Crippen LogP contribution in [0.3, 0.4) is 0 Å². The van der Waals surface area contributed by atoms with Crippen LogP contribution in [0.15, 0.2) is 36.5 Å². The van der Waals surface area contributed by atoms with E-state index in [-0.39, 0.29) is 17.8 Å². The average Bonchev–Trinajstić information content (AvgIpc) is 3.18. The standard InChI is InChI=1S/C17H20ClN3O2/c1-12(16(22)19-13-7-5-6-8-13)23-17-15(18)11-21(20-17)14-9-3-2-4-10-14/h2-4,9-13H,5-8H2,1H3,(H,19,22)/t12-/m1/s1. The Bertz CT molecular complexity index is 666. The van der Waals surface area contributed by atoms with Crippen molar-refractivity contribution in [2.75, 3.05) is 0 Å². The van der Waals surface area contributed by atoms with E-state index in [1.165, 1.54) is 12.8 Å². The summed E-state index contributed by atoms with van der Waals surface area (Å²) in [5.41, 5.74) is 0.882. The molecule has 1 aromatic carbocycles. The molecule has 5 nitrogen and oxygen atoms in total. The largest absolute Gasteiger partial charge is 0.462 e. The van der Waals surface area contributed by atoms with Crippen LogP contribution in [0.2, 0.25) is 5.02 Å². The molecule has 1 amide bonds. The first-order chi connectivity index (χ1) is 11.1. The number of aromatic nitrogens is 2. The number of ether oxygens (including phenoxy) is 1. The van der Waals surface area contributed by atoms with E-state index in [4.69, 9.17) is 16.3 Å². The topological polar surface area (TPSA) is 56.2 Å². The number of rotatable bonds is 5. The molecule has 1 fully saturated rings. The van der Waals surface area contributed by atoms with Gasteiger partial charge in [-0.2, -0.15) is 0 Å². The van der Waals surface area contributed by atoms with Crippen LogP contribution in [0.5, 0.6) is 5.88 Å². The second-order valence-electron chi connectivity index (χ2n) is 5.81. The molecule has 0 unspecified atom stereocenters. The summed E-state index contributed by atoms with van der Waals surface area (Å²) in [4.78, 5) is 12.2. The van der Waals surface area contributed by atoms with Crippen molar-refractivity contribution in [2.24, 2.45) is 0 Å². The van der Waals surface area contributed by atoms with Gasteiger partial charge in [0.2, 0.25) is 0 Å². The van der Waals surface area contributed by atoms with Gasteiger partial charge in [-0.05, 0) is 31.9 Å². The molecular formula is C17H20ClN3O2. The molecule has 6 heteroatoms. The molecule has 0 saturated heterocycles. The fourth-order valence-electron chi connectivity index (χ4n) is 2.74. The zero-order valence-corrected chi connectivity index (χ0v) is 13.8. The van der Waals surface area contributed by atoms with Crippen molar-refractivity contribution in [3.63, 3.8) is 0 Å². The van der Waals surface area contributed by atoms with Gasteiger partial charge in [-0.3, -0.25) is 4.79 Å². The summed E-state index contributed by atoms with van der Waals surface area (Å²) < 4.78 is 7.28. The first kappa shape index (κ1) is 15.9. The Hall–Kier alpha value is -2.01. The number of nitrogens with one attached hydrogen (secondary N) is 1. The highest BCUT2D eigenvalue weighted by Gasteiger charge is 2.23. The number of halogens is 1. The minimum absolute atomic E-state index is 0.123. The Balaban J connectivity index is 1.65. The Labute approximate surface area is 140 Å². The number of nitrogens with zero attached hydrogens (tertiary/aromatic N) is 2. The molecule has 122 valence electrons. The lowest BCUT2D eigenvalue weighted by Crippen LogP contribution is -2.41. The van der Waals surface area contributed by atoms with Gasteiger partial charge >= 0.3 is 0 Å². The molecule has 23 heavy (non-hydrogen) atoms. The molecule has 1 aliphatic rings. The van der Waals surface area contributed by atoms with Crippen LogP contribution in [0.25, 0.3) is 5.69 Å². The molecule has 3 rings (SSSR count). The third kappa shape index (κ3) is 3.85. The summed E-state index contributed by atoms with van der Waals surface area (Å²) in [5.74, 6) is 0.145. The van der Waals surface area contributed by atoms with Gasteiger partial charge < -0.3 is 10.1 Å². The average molecular weight is 334 g/mol. The summed E-state index contributed by atoms with van der Waals surface area (Å²) in [6.07, 6.45) is 5.48. The molecular weight excluding hydrogens is 314 g/mol. The fourth-order valence-corrected chi connectivity index (χ4v) is 2.91. The van der Waals surface area contributed by atoms with Crippen LogP contribution in [0, 0.1) is 0 Å². The van der Waals surface area contributed by atoms with Crippen molar-refractivity contribution in [3.05, 3.63) is 41.6 Å². The SMILES string of the molecule is C[C@@H](Oc1nn(-c2ccccc2)cc1Cl)C(=O)NC1CCCC1. The maximum Gasteiger partial charge on any atom is 0.261 e. The van der Waals surface area contributed by atoms with Crippen molar-refractivity contribution >= 4 is 17.5 Å². The highest BCUT2D eigenvalue weighted by atomic mass is 35.5. The lowest BCUT2D eigenvalue weighted by atomic mass is 10.2. The molecule has 1 saturated carbocycles. The van der Waals surface area contributed by atoms with Crippen molar-refractivity contribution in [1.29, 1.82) is 0 Å².